The molecule has 25 heavy (non-hydrogen) atoms. The Morgan fingerprint density at radius 2 is 1.68 bits per heavy atom. The van der Waals surface area contributed by atoms with Crippen molar-refractivity contribution in [3.63, 3.8) is 0 Å². The largest absolute Gasteiger partial charge is 1.00 e. The fraction of sp³-hybridized carbons (Fsp3) is 0.133. The summed E-state index contributed by atoms with van der Waals surface area (Å²) in [6, 6.07) is 5.00. The molecule has 0 bridgehead atoms. The third-order valence-corrected chi connectivity index (χ3v) is 3.40. The lowest BCUT2D eigenvalue weighted by Gasteiger charge is -2.04. The maximum absolute atomic E-state index is 12.7. The molecule has 0 saturated carbocycles. The van der Waals surface area contributed by atoms with Crippen molar-refractivity contribution in [1.82, 2.24) is 9.97 Å². The molecule has 10 heteroatoms. The summed E-state index contributed by atoms with van der Waals surface area (Å²) in [6.45, 7) is 0. The summed E-state index contributed by atoms with van der Waals surface area (Å²) < 4.78 is 50.8. The van der Waals surface area contributed by atoms with Crippen molar-refractivity contribution in [2.75, 3.05) is 5.32 Å². The van der Waals surface area contributed by atoms with Gasteiger partial charge in [-0.05, 0) is 18.2 Å². The van der Waals surface area contributed by atoms with Crippen LogP contribution in [0, 0.1) is 0 Å². The monoisotopic (exact) mass is 462 g/mol. The van der Waals surface area contributed by atoms with Gasteiger partial charge in [-0.15, -0.1) is 0 Å². The first-order valence-corrected chi connectivity index (χ1v) is 6.89. The average molecular weight is 462 g/mol. The quantitative estimate of drug-likeness (QED) is 0.349. The molecule has 130 valence electrons. The van der Waals surface area contributed by atoms with Crippen molar-refractivity contribution in [2.24, 2.45) is 7.05 Å². The van der Waals surface area contributed by atoms with Crippen LogP contribution in [0.5, 0.6) is 0 Å². The number of benzene rings is 1. The fourth-order valence-electron chi connectivity index (χ4n) is 2.27. The van der Waals surface area contributed by atoms with Crippen LogP contribution in [0.15, 0.2) is 45.5 Å². The highest BCUT2D eigenvalue weighted by Crippen LogP contribution is 2.32. The third-order valence-electron chi connectivity index (χ3n) is 3.40. The van der Waals surface area contributed by atoms with E-state index in [1.807, 2.05) is 13.2 Å². The molecule has 0 unspecified atom stereocenters. The van der Waals surface area contributed by atoms with E-state index in [0.717, 1.165) is 12.1 Å². The Kier molecular flexibility index (Phi) is 4.31. The summed E-state index contributed by atoms with van der Waals surface area (Å²) in [5.74, 6) is 0. The number of aryl methyl sites for hydroxylation is 1. The summed E-state index contributed by atoms with van der Waals surface area (Å²) in [5.41, 5.74) is 0.719. The number of halogens is 4. The lowest BCUT2D eigenvalue weighted by atomic mass is 10.2. The minimum Gasteiger partial charge on any atom is -1.00 e. The van der Waals surface area contributed by atoms with Gasteiger partial charge in [0, 0.05) is 6.07 Å². The second kappa shape index (κ2) is 6.17. The molecule has 0 saturated heterocycles. The van der Waals surface area contributed by atoms with Crippen molar-refractivity contribution < 1.29 is 50.5 Å². The van der Waals surface area contributed by atoms with Crippen LogP contribution in [0.2, 0.25) is 0 Å². The van der Waals surface area contributed by atoms with Crippen molar-refractivity contribution in [2.45, 2.75) is 6.18 Å². The van der Waals surface area contributed by atoms with Crippen LogP contribution in [-0.2, 0) is 13.2 Å². The van der Waals surface area contributed by atoms with Gasteiger partial charge in [0.25, 0.3) is 0 Å². The van der Waals surface area contributed by atoms with E-state index in [2.05, 4.69) is 15.3 Å². The highest BCUT2D eigenvalue weighted by molar-refractivity contribution is 5.77. The molecule has 0 aliphatic carbocycles. The zero-order chi connectivity index (χ0) is 16.9. The first kappa shape index (κ1) is 17.5. The maximum atomic E-state index is 12.7. The van der Waals surface area contributed by atoms with Gasteiger partial charge in [-0.2, -0.15) is 23.1 Å². The number of fused-ring (bicyclic) bond motifs is 2. The zero-order valence-electron chi connectivity index (χ0n) is 12.6. The molecule has 0 spiro atoms. The molecule has 0 atom stereocenters. The van der Waals surface area contributed by atoms with Crippen molar-refractivity contribution in [3.05, 3.63) is 42.2 Å². The molecule has 6 nitrogen and oxygen atoms in total. The lowest BCUT2D eigenvalue weighted by molar-refractivity contribution is -0.670. The van der Waals surface area contributed by atoms with Crippen molar-refractivity contribution in [3.8, 4) is 0 Å². The van der Waals surface area contributed by atoms with Crippen LogP contribution in [0.1, 0.15) is 5.56 Å². The molecule has 1 N–H and O–H groups in total. The Hall–Kier alpha value is -2.37. The van der Waals surface area contributed by atoms with Crippen LogP contribution in [-0.4, -0.2) is 9.97 Å². The highest BCUT2D eigenvalue weighted by atomic mass is 127. The Labute approximate surface area is 155 Å². The number of nitrogens with one attached hydrogen (secondary N) is 1. The summed E-state index contributed by atoms with van der Waals surface area (Å²) in [7, 11) is 1.84. The van der Waals surface area contributed by atoms with Crippen LogP contribution in [0.3, 0.4) is 0 Å². The molecule has 4 aromatic rings. The Morgan fingerprint density at radius 3 is 2.40 bits per heavy atom. The van der Waals surface area contributed by atoms with E-state index in [0.29, 0.717) is 11.1 Å². The number of rotatable bonds is 2. The fourth-order valence-corrected chi connectivity index (χ4v) is 2.27. The predicted octanol–water partition coefficient (Wildman–Crippen LogP) is 0.560. The van der Waals surface area contributed by atoms with Crippen LogP contribution < -0.4 is 33.9 Å². The molecule has 0 aliphatic heterocycles. The lowest BCUT2D eigenvalue weighted by Crippen LogP contribution is -3.00. The van der Waals surface area contributed by atoms with E-state index in [4.69, 9.17) is 8.83 Å². The van der Waals surface area contributed by atoms with Gasteiger partial charge in [0.15, 0.2) is 11.8 Å². The number of nitrogens with zero attached hydrogens (tertiary/aromatic N) is 3. The molecule has 1 aromatic carbocycles. The third kappa shape index (κ3) is 3.38. The molecular weight excluding hydrogens is 452 g/mol. The minimum absolute atomic E-state index is 0. The van der Waals surface area contributed by atoms with Crippen molar-refractivity contribution in [1.29, 1.82) is 0 Å². The van der Waals surface area contributed by atoms with Gasteiger partial charge in [-0.25, -0.2) is 4.57 Å². The van der Waals surface area contributed by atoms with Gasteiger partial charge in [0.1, 0.15) is 18.1 Å². The van der Waals surface area contributed by atoms with E-state index in [1.165, 1.54) is 6.07 Å². The van der Waals surface area contributed by atoms with E-state index in [-0.39, 0.29) is 47.1 Å². The Balaban J connectivity index is 0.00000182. The van der Waals surface area contributed by atoms with Gasteiger partial charge in [-0.1, -0.05) is 0 Å². The summed E-state index contributed by atoms with van der Waals surface area (Å²) >= 11 is 0. The summed E-state index contributed by atoms with van der Waals surface area (Å²) in [4.78, 5) is 8.19. The maximum Gasteiger partial charge on any atom is 0.416 e. The second-order valence-corrected chi connectivity index (χ2v) is 5.20. The van der Waals surface area contributed by atoms with Gasteiger partial charge in [0.05, 0.1) is 5.56 Å². The van der Waals surface area contributed by atoms with Crippen LogP contribution in [0.25, 0.3) is 22.2 Å². The first-order valence-electron chi connectivity index (χ1n) is 6.89. The van der Waals surface area contributed by atoms with E-state index >= 15 is 0 Å². The molecular formula is C15H10F3IN4O2. The molecule has 0 amide bonds. The van der Waals surface area contributed by atoms with Crippen molar-refractivity contribution >= 4 is 34.2 Å². The number of anilines is 2. The number of hydrogen-bond donors (Lipinski definition) is 1. The minimum atomic E-state index is -4.43. The number of alkyl halides is 3. The molecule has 0 fully saturated rings. The van der Waals surface area contributed by atoms with E-state index in [1.54, 1.807) is 16.8 Å². The van der Waals surface area contributed by atoms with Crippen LogP contribution in [0.4, 0.5) is 25.2 Å². The first-order chi connectivity index (χ1) is 11.4. The highest BCUT2D eigenvalue weighted by Gasteiger charge is 2.31. The van der Waals surface area contributed by atoms with E-state index in [9.17, 15) is 13.2 Å². The topological polar surface area (TPSA) is 68.0 Å². The number of aromatic nitrogens is 3. The smallest absolute Gasteiger partial charge is 0.416 e. The average Bonchev–Trinajstić information content (AvgIpc) is 3.07. The second-order valence-electron chi connectivity index (χ2n) is 5.20. The normalized spacial score (nSPS) is 11.7. The molecule has 3 aromatic heterocycles. The summed E-state index contributed by atoms with van der Waals surface area (Å²) in [5, 5.41) is 2.71. The Morgan fingerprint density at radius 1 is 1.00 bits per heavy atom. The Bertz CT molecular complexity index is 1060. The SMILES string of the molecule is C[n+]1ccc2nc(Nc3nc4cc(C(F)(F)F)ccc4o3)oc2c1.[I-]. The van der Waals surface area contributed by atoms with Gasteiger partial charge in [-0.3, -0.25) is 5.32 Å². The van der Waals surface area contributed by atoms with Gasteiger partial charge < -0.3 is 32.8 Å². The van der Waals surface area contributed by atoms with E-state index < -0.39 is 11.7 Å². The molecule has 0 radical (unpaired) electrons. The number of pyridine rings is 1. The standard InChI is InChI=1S/C15H9F3N4O2.HI/c1-22-5-4-9-12(7-22)24-13(19-9)21-14-20-10-6-8(15(16,17)18)2-3-11(10)23-14;/h2-7H,1H3;1H. The molecule has 4 rings (SSSR count). The van der Waals surface area contributed by atoms with Gasteiger partial charge in [0.2, 0.25) is 11.8 Å². The number of oxazole rings is 2. The van der Waals surface area contributed by atoms with Gasteiger partial charge >= 0.3 is 18.2 Å². The zero-order valence-corrected chi connectivity index (χ0v) is 14.8. The molecule has 3 heterocycles. The van der Waals surface area contributed by atoms with Crippen LogP contribution >= 0.6 is 0 Å². The number of hydrogen-bond acceptors (Lipinski definition) is 5. The molecule has 0 aliphatic rings. The summed E-state index contributed by atoms with van der Waals surface area (Å²) in [6.07, 6.45) is -0.877. The predicted molar refractivity (Wildman–Crippen MR) is 77.5 cm³/mol.